The van der Waals surface area contributed by atoms with Crippen molar-refractivity contribution in [3.05, 3.63) is 42.5 Å². The molecule has 0 spiro atoms. The maximum atomic E-state index is 5.12. The van der Waals surface area contributed by atoms with Gasteiger partial charge in [0.15, 0.2) is 5.96 Å². The van der Waals surface area contributed by atoms with Crippen LogP contribution in [0.4, 0.5) is 0 Å². The van der Waals surface area contributed by atoms with Crippen LogP contribution >= 0.6 is 24.0 Å². The van der Waals surface area contributed by atoms with Crippen LogP contribution in [0.2, 0.25) is 0 Å². The first kappa shape index (κ1) is 17.8. The zero-order valence-electron chi connectivity index (χ0n) is 11.5. The summed E-state index contributed by atoms with van der Waals surface area (Å²) < 4.78 is 5.12. The first-order chi connectivity index (χ1) is 8.80. The predicted octanol–water partition coefficient (Wildman–Crippen LogP) is 2.21. The standard InChI is InChI=1S/C14H21N3O.HI/c1-4-10-16-14(15-2)17-11-9-12-5-7-13(18-3)8-6-12;/h4-8H,1,9-11H2,2-3H3,(H2,15,16,17);1H. The summed E-state index contributed by atoms with van der Waals surface area (Å²) in [6.45, 7) is 5.20. The van der Waals surface area contributed by atoms with Crippen molar-refractivity contribution in [2.75, 3.05) is 27.2 Å². The smallest absolute Gasteiger partial charge is 0.191 e. The predicted molar refractivity (Wildman–Crippen MR) is 91.7 cm³/mol. The van der Waals surface area contributed by atoms with E-state index >= 15 is 0 Å². The summed E-state index contributed by atoms with van der Waals surface area (Å²) in [5.74, 6) is 1.68. The Morgan fingerprint density at radius 2 is 2.00 bits per heavy atom. The Labute approximate surface area is 132 Å². The van der Waals surface area contributed by atoms with Crippen LogP contribution in [0, 0.1) is 0 Å². The Hall–Kier alpha value is -1.24. The lowest BCUT2D eigenvalue weighted by atomic mass is 10.1. The third-order valence-corrected chi connectivity index (χ3v) is 2.50. The van der Waals surface area contributed by atoms with Crippen LogP contribution < -0.4 is 15.4 Å². The Balaban J connectivity index is 0.00000324. The molecule has 0 aromatic heterocycles. The van der Waals surface area contributed by atoms with Crippen LogP contribution in [0.3, 0.4) is 0 Å². The number of hydrogen-bond acceptors (Lipinski definition) is 2. The van der Waals surface area contributed by atoms with Gasteiger partial charge in [-0.25, -0.2) is 0 Å². The van der Waals surface area contributed by atoms with Gasteiger partial charge in [-0.2, -0.15) is 0 Å². The van der Waals surface area contributed by atoms with E-state index in [0.29, 0.717) is 6.54 Å². The van der Waals surface area contributed by atoms with E-state index in [1.165, 1.54) is 5.56 Å². The van der Waals surface area contributed by atoms with Gasteiger partial charge in [-0.15, -0.1) is 30.6 Å². The van der Waals surface area contributed by atoms with E-state index in [9.17, 15) is 0 Å². The molecule has 0 amide bonds. The molecule has 5 heteroatoms. The molecule has 2 N–H and O–H groups in total. The number of benzene rings is 1. The van der Waals surface area contributed by atoms with Gasteiger partial charge in [0.25, 0.3) is 0 Å². The number of rotatable bonds is 6. The van der Waals surface area contributed by atoms with E-state index in [2.05, 4.69) is 34.3 Å². The number of hydrogen-bond donors (Lipinski definition) is 2. The lowest BCUT2D eigenvalue weighted by Gasteiger charge is -2.10. The number of aliphatic imine (C=N–C) groups is 1. The summed E-state index contributed by atoms with van der Waals surface area (Å²) in [7, 11) is 3.43. The summed E-state index contributed by atoms with van der Waals surface area (Å²) in [5, 5.41) is 6.37. The van der Waals surface area contributed by atoms with Gasteiger partial charge in [-0.1, -0.05) is 18.2 Å². The first-order valence-electron chi connectivity index (χ1n) is 5.98. The molecule has 0 bridgehead atoms. The van der Waals surface area contributed by atoms with Crippen molar-refractivity contribution in [3.8, 4) is 5.75 Å². The maximum absolute atomic E-state index is 5.12. The molecule has 0 saturated heterocycles. The van der Waals surface area contributed by atoms with Gasteiger partial charge >= 0.3 is 0 Å². The molecule has 0 aliphatic carbocycles. The quantitative estimate of drug-likeness (QED) is 0.347. The minimum absolute atomic E-state index is 0. The van der Waals surface area contributed by atoms with Gasteiger partial charge in [-0.3, -0.25) is 4.99 Å². The first-order valence-corrected chi connectivity index (χ1v) is 5.98. The van der Waals surface area contributed by atoms with Crippen molar-refractivity contribution in [1.82, 2.24) is 10.6 Å². The topological polar surface area (TPSA) is 45.7 Å². The fourth-order valence-electron chi connectivity index (χ4n) is 1.51. The lowest BCUT2D eigenvalue weighted by Crippen LogP contribution is -2.38. The number of nitrogens with one attached hydrogen (secondary N) is 2. The fraction of sp³-hybridized carbons (Fsp3) is 0.357. The average molecular weight is 375 g/mol. The molecule has 0 heterocycles. The Morgan fingerprint density at radius 3 is 2.53 bits per heavy atom. The molecule has 4 nitrogen and oxygen atoms in total. The highest BCUT2D eigenvalue weighted by atomic mass is 127. The number of nitrogens with zero attached hydrogens (tertiary/aromatic N) is 1. The van der Waals surface area contributed by atoms with Crippen LogP contribution in [0.15, 0.2) is 41.9 Å². The summed E-state index contributed by atoms with van der Waals surface area (Å²) in [5.41, 5.74) is 1.27. The molecule has 0 unspecified atom stereocenters. The highest BCUT2D eigenvalue weighted by molar-refractivity contribution is 14.0. The normalized spacial score (nSPS) is 10.3. The molecule has 0 aliphatic heterocycles. The zero-order valence-corrected chi connectivity index (χ0v) is 13.8. The van der Waals surface area contributed by atoms with E-state index in [1.54, 1.807) is 20.2 Å². The van der Waals surface area contributed by atoms with Crippen molar-refractivity contribution >= 4 is 29.9 Å². The van der Waals surface area contributed by atoms with Crippen LogP contribution in [-0.4, -0.2) is 33.2 Å². The van der Waals surface area contributed by atoms with Crippen LogP contribution in [0.1, 0.15) is 5.56 Å². The summed E-state index contributed by atoms with van der Waals surface area (Å²) in [4.78, 5) is 4.11. The van der Waals surface area contributed by atoms with E-state index < -0.39 is 0 Å². The number of methoxy groups -OCH3 is 1. The van der Waals surface area contributed by atoms with Crippen molar-refractivity contribution in [2.24, 2.45) is 4.99 Å². The molecule has 1 aromatic carbocycles. The molecule has 0 radical (unpaired) electrons. The molecule has 0 fully saturated rings. The van der Waals surface area contributed by atoms with Crippen molar-refractivity contribution in [1.29, 1.82) is 0 Å². The largest absolute Gasteiger partial charge is 0.497 e. The lowest BCUT2D eigenvalue weighted by molar-refractivity contribution is 0.414. The van der Waals surface area contributed by atoms with Gasteiger partial charge in [0.1, 0.15) is 5.75 Å². The Morgan fingerprint density at radius 1 is 1.32 bits per heavy atom. The van der Waals surface area contributed by atoms with Crippen molar-refractivity contribution < 1.29 is 4.74 Å². The number of halogens is 1. The zero-order chi connectivity index (χ0) is 13.2. The highest BCUT2D eigenvalue weighted by Gasteiger charge is 1.97. The molecule has 1 rings (SSSR count). The highest BCUT2D eigenvalue weighted by Crippen LogP contribution is 2.11. The minimum Gasteiger partial charge on any atom is -0.497 e. The molecule has 0 aliphatic rings. The van der Waals surface area contributed by atoms with E-state index in [-0.39, 0.29) is 24.0 Å². The van der Waals surface area contributed by atoms with Crippen LogP contribution in [0.25, 0.3) is 0 Å². The molecule has 106 valence electrons. The summed E-state index contributed by atoms with van der Waals surface area (Å²) >= 11 is 0. The fourth-order valence-corrected chi connectivity index (χ4v) is 1.51. The third-order valence-electron chi connectivity index (χ3n) is 2.50. The van der Waals surface area contributed by atoms with Gasteiger partial charge in [0.05, 0.1) is 7.11 Å². The molecule has 0 saturated carbocycles. The average Bonchev–Trinajstić information content (AvgIpc) is 2.43. The second-order valence-electron chi connectivity index (χ2n) is 3.77. The minimum atomic E-state index is 0. The summed E-state index contributed by atoms with van der Waals surface area (Å²) in [6, 6.07) is 8.08. The van der Waals surface area contributed by atoms with Crippen molar-refractivity contribution in [2.45, 2.75) is 6.42 Å². The SMILES string of the molecule is C=CCNC(=NC)NCCc1ccc(OC)cc1.I. The van der Waals surface area contributed by atoms with E-state index in [4.69, 9.17) is 4.74 Å². The summed E-state index contributed by atoms with van der Waals surface area (Å²) in [6.07, 6.45) is 2.75. The Kier molecular flexibility index (Phi) is 9.97. The van der Waals surface area contributed by atoms with Gasteiger partial charge in [-0.05, 0) is 24.1 Å². The van der Waals surface area contributed by atoms with Gasteiger partial charge < -0.3 is 15.4 Å². The van der Waals surface area contributed by atoms with Crippen LogP contribution in [-0.2, 0) is 6.42 Å². The second-order valence-corrected chi connectivity index (χ2v) is 3.77. The third kappa shape index (κ3) is 7.05. The van der Waals surface area contributed by atoms with E-state index in [0.717, 1.165) is 24.7 Å². The molecule has 19 heavy (non-hydrogen) atoms. The monoisotopic (exact) mass is 375 g/mol. The molecule has 1 aromatic rings. The second kappa shape index (κ2) is 10.7. The van der Waals surface area contributed by atoms with Crippen molar-refractivity contribution in [3.63, 3.8) is 0 Å². The Bertz CT molecular complexity index is 390. The molecular formula is C14H22IN3O. The molecular weight excluding hydrogens is 353 g/mol. The van der Waals surface area contributed by atoms with Gasteiger partial charge in [0.2, 0.25) is 0 Å². The molecule has 0 atom stereocenters. The van der Waals surface area contributed by atoms with Gasteiger partial charge in [0, 0.05) is 20.1 Å². The number of guanidine groups is 1. The number of ether oxygens (including phenoxy) is 1. The van der Waals surface area contributed by atoms with Crippen LogP contribution in [0.5, 0.6) is 5.75 Å². The maximum Gasteiger partial charge on any atom is 0.191 e. The van der Waals surface area contributed by atoms with E-state index in [1.807, 2.05) is 12.1 Å².